The predicted octanol–water partition coefficient (Wildman–Crippen LogP) is 1.34. The van der Waals surface area contributed by atoms with Crippen molar-refractivity contribution >= 4 is 27.3 Å². The number of rotatable bonds is 2. The molecule has 2 aromatic heterocycles. The molecule has 1 aromatic carbocycles. The second kappa shape index (κ2) is 4.53. The van der Waals surface area contributed by atoms with Crippen molar-refractivity contribution < 1.29 is 4.79 Å². The lowest BCUT2D eigenvalue weighted by molar-refractivity contribution is 0.101. The number of thiazole rings is 1. The molecule has 0 saturated carbocycles. The second-order valence-corrected chi connectivity index (χ2v) is 5.09. The van der Waals surface area contributed by atoms with Gasteiger partial charge in [0.25, 0.3) is 5.56 Å². The van der Waals surface area contributed by atoms with Crippen LogP contribution >= 0.6 is 11.3 Å². The van der Waals surface area contributed by atoms with E-state index in [1.54, 1.807) is 23.7 Å². The van der Waals surface area contributed by atoms with Gasteiger partial charge in [-0.1, -0.05) is 0 Å². The number of aromatic nitrogens is 3. The van der Waals surface area contributed by atoms with Gasteiger partial charge < -0.3 is 4.98 Å². The molecular formula is C13H9N3O3S. The van der Waals surface area contributed by atoms with Crippen LogP contribution in [0.15, 0.2) is 39.5 Å². The van der Waals surface area contributed by atoms with Crippen molar-refractivity contribution in [3.8, 4) is 5.69 Å². The Kier molecular flexibility index (Phi) is 2.83. The number of H-pyrrole nitrogens is 1. The summed E-state index contributed by atoms with van der Waals surface area (Å²) in [5.41, 5.74) is 1.65. The van der Waals surface area contributed by atoms with Crippen molar-refractivity contribution in [3.63, 3.8) is 0 Å². The summed E-state index contributed by atoms with van der Waals surface area (Å²) in [6, 6.07) is 5.06. The zero-order chi connectivity index (χ0) is 14.3. The number of nitrogens with one attached hydrogen (secondary N) is 1. The molecule has 0 aliphatic rings. The first-order valence-corrected chi connectivity index (χ1v) is 6.65. The third-order valence-electron chi connectivity index (χ3n) is 2.93. The average Bonchev–Trinajstić information content (AvgIpc) is 2.85. The van der Waals surface area contributed by atoms with Crippen LogP contribution in [0.2, 0.25) is 0 Å². The summed E-state index contributed by atoms with van der Waals surface area (Å²) in [7, 11) is 0. The lowest BCUT2D eigenvalue weighted by Crippen LogP contribution is -2.36. The number of fused-ring (bicyclic) bond motifs is 1. The van der Waals surface area contributed by atoms with E-state index in [0.717, 1.165) is 21.0 Å². The van der Waals surface area contributed by atoms with E-state index in [1.165, 1.54) is 18.3 Å². The molecule has 0 amide bonds. The van der Waals surface area contributed by atoms with E-state index >= 15 is 0 Å². The summed E-state index contributed by atoms with van der Waals surface area (Å²) in [4.78, 5) is 42.0. The molecule has 0 spiro atoms. The molecule has 0 bridgehead atoms. The Hall–Kier alpha value is -2.54. The highest BCUT2D eigenvalue weighted by Gasteiger charge is 2.13. The first-order chi connectivity index (χ1) is 9.58. The van der Waals surface area contributed by atoms with Crippen LogP contribution in [0, 0.1) is 0 Å². The van der Waals surface area contributed by atoms with Gasteiger partial charge in [0.15, 0.2) is 5.78 Å². The number of aromatic amines is 1. The number of ketones is 1. The molecule has 100 valence electrons. The van der Waals surface area contributed by atoms with Crippen LogP contribution in [0.4, 0.5) is 0 Å². The summed E-state index contributed by atoms with van der Waals surface area (Å²) < 4.78 is 1.82. The number of hydrogen-bond acceptors (Lipinski definition) is 5. The predicted molar refractivity (Wildman–Crippen MR) is 75.8 cm³/mol. The van der Waals surface area contributed by atoms with E-state index in [9.17, 15) is 14.4 Å². The maximum atomic E-state index is 12.2. The van der Waals surface area contributed by atoms with Gasteiger partial charge in [0.1, 0.15) is 0 Å². The van der Waals surface area contributed by atoms with Gasteiger partial charge in [0.2, 0.25) is 0 Å². The fourth-order valence-electron chi connectivity index (χ4n) is 1.94. The zero-order valence-electron chi connectivity index (χ0n) is 10.4. The Morgan fingerprint density at radius 2 is 2.15 bits per heavy atom. The van der Waals surface area contributed by atoms with Crippen molar-refractivity contribution in [2.45, 2.75) is 6.92 Å². The second-order valence-electron chi connectivity index (χ2n) is 4.21. The van der Waals surface area contributed by atoms with Crippen molar-refractivity contribution in [1.82, 2.24) is 14.5 Å². The van der Waals surface area contributed by atoms with Crippen LogP contribution in [0.25, 0.3) is 15.9 Å². The van der Waals surface area contributed by atoms with Crippen LogP contribution in [0.5, 0.6) is 0 Å². The molecule has 7 heteroatoms. The Morgan fingerprint density at radius 3 is 2.90 bits per heavy atom. The fraction of sp³-hybridized carbons (Fsp3) is 0.0769. The minimum absolute atomic E-state index is 0.0472. The van der Waals surface area contributed by atoms with Gasteiger partial charge in [-0.15, -0.1) is 11.3 Å². The Morgan fingerprint density at radius 1 is 1.35 bits per heavy atom. The summed E-state index contributed by atoms with van der Waals surface area (Å²) in [5.74, 6) is -0.390. The van der Waals surface area contributed by atoms with Gasteiger partial charge in [-0.05, 0) is 25.1 Å². The first kappa shape index (κ1) is 12.5. The smallest absolute Gasteiger partial charge is 0.313 e. The highest BCUT2D eigenvalue weighted by atomic mass is 32.1. The standard InChI is InChI=1S/C13H9N3O3S/c1-7(17)9-5-14-13(19)16(12(9)18)8-2-3-10-11(4-8)20-6-15-10/h2-6H,1H3,(H,14,19). The van der Waals surface area contributed by atoms with Crippen LogP contribution < -0.4 is 11.2 Å². The molecule has 0 atom stereocenters. The molecule has 0 unspecified atom stereocenters. The summed E-state index contributed by atoms with van der Waals surface area (Å²) in [5, 5.41) is 0. The number of nitrogens with zero attached hydrogens (tertiary/aromatic N) is 2. The zero-order valence-corrected chi connectivity index (χ0v) is 11.2. The third kappa shape index (κ3) is 1.88. The van der Waals surface area contributed by atoms with Crippen LogP contribution in [0.3, 0.4) is 0 Å². The Bertz CT molecular complexity index is 936. The molecule has 20 heavy (non-hydrogen) atoms. The normalized spacial score (nSPS) is 10.8. The SMILES string of the molecule is CC(=O)c1c[nH]c(=O)n(-c2ccc3ncsc3c2)c1=O. The number of carbonyl (C=O) groups excluding carboxylic acids is 1. The fourth-order valence-corrected chi connectivity index (χ4v) is 2.65. The topological polar surface area (TPSA) is 84.8 Å². The molecule has 0 saturated heterocycles. The van der Waals surface area contributed by atoms with E-state index in [-0.39, 0.29) is 11.3 Å². The Labute approximate surface area is 116 Å². The maximum absolute atomic E-state index is 12.2. The summed E-state index contributed by atoms with van der Waals surface area (Å²) in [6.07, 6.45) is 1.15. The maximum Gasteiger partial charge on any atom is 0.333 e. The summed E-state index contributed by atoms with van der Waals surface area (Å²) >= 11 is 1.41. The number of hydrogen-bond donors (Lipinski definition) is 1. The lowest BCUT2D eigenvalue weighted by Gasteiger charge is -2.05. The molecule has 1 N–H and O–H groups in total. The van der Waals surface area contributed by atoms with Crippen molar-refractivity contribution in [2.75, 3.05) is 0 Å². The first-order valence-electron chi connectivity index (χ1n) is 5.77. The van der Waals surface area contributed by atoms with Crippen LogP contribution in [0.1, 0.15) is 17.3 Å². The molecule has 3 aromatic rings. The van der Waals surface area contributed by atoms with Gasteiger partial charge in [0.05, 0.1) is 27.0 Å². The van der Waals surface area contributed by atoms with E-state index in [4.69, 9.17) is 0 Å². The van der Waals surface area contributed by atoms with Crippen molar-refractivity contribution in [1.29, 1.82) is 0 Å². The molecule has 6 nitrogen and oxygen atoms in total. The highest BCUT2D eigenvalue weighted by molar-refractivity contribution is 7.16. The minimum Gasteiger partial charge on any atom is -0.313 e. The van der Waals surface area contributed by atoms with Gasteiger partial charge in [-0.3, -0.25) is 9.59 Å². The molecule has 0 aliphatic carbocycles. The number of Topliss-reactive ketones (excluding diaryl/α,β-unsaturated/α-hetero) is 1. The van der Waals surface area contributed by atoms with Crippen LogP contribution in [-0.2, 0) is 0 Å². The van der Waals surface area contributed by atoms with E-state index in [0.29, 0.717) is 5.69 Å². The molecule has 0 radical (unpaired) electrons. The lowest BCUT2D eigenvalue weighted by atomic mass is 10.2. The van der Waals surface area contributed by atoms with Crippen molar-refractivity contribution in [3.05, 3.63) is 56.3 Å². The van der Waals surface area contributed by atoms with Gasteiger partial charge in [-0.2, -0.15) is 0 Å². The molecule has 0 aliphatic heterocycles. The average molecular weight is 287 g/mol. The molecule has 2 heterocycles. The number of carbonyl (C=O) groups is 1. The van der Waals surface area contributed by atoms with E-state index in [1.807, 2.05) is 0 Å². The van der Waals surface area contributed by atoms with E-state index < -0.39 is 11.2 Å². The Balaban J connectivity index is 2.33. The molecule has 0 fully saturated rings. The molecular weight excluding hydrogens is 278 g/mol. The largest absolute Gasteiger partial charge is 0.333 e. The minimum atomic E-state index is -0.620. The molecule has 3 rings (SSSR count). The van der Waals surface area contributed by atoms with Gasteiger partial charge >= 0.3 is 5.69 Å². The van der Waals surface area contributed by atoms with Crippen molar-refractivity contribution in [2.24, 2.45) is 0 Å². The third-order valence-corrected chi connectivity index (χ3v) is 3.72. The van der Waals surface area contributed by atoms with Gasteiger partial charge in [0, 0.05) is 6.20 Å². The van der Waals surface area contributed by atoms with Crippen LogP contribution in [-0.4, -0.2) is 20.3 Å². The summed E-state index contributed by atoms with van der Waals surface area (Å²) in [6.45, 7) is 1.28. The monoisotopic (exact) mass is 287 g/mol. The number of benzene rings is 1. The van der Waals surface area contributed by atoms with Gasteiger partial charge in [-0.25, -0.2) is 14.3 Å². The quantitative estimate of drug-likeness (QED) is 0.721. The van der Waals surface area contributed by atoms with E-state index in [2.05, 4.69) is 9.97 Å². The highest BCUT2D eigenvalue weighted by Crippen LogP contribution is 2.19.